The van der Waals surface area contributed by atoms with Gasteiger partial charge in [-0.3, -0.25) is 0 Å². The van der Waals surface area contributed by atoms with Crippen molar-refractivity contribution in [2.24, 2.45) is 0 Å². The molecule has 1 saturated carbocycles. The number of para-hydroxylation sites is 1. The van der Waals surface area contributed by atoms with Crippen molar-refractivity contribution < 1.29 is 0 Å². The highest BCUT2D eigenvalue weighted by atomic mass is 14.7. The van der Waals surface area contributed by atoms with Crippen LogP contribution in [-0.2, 0) is 0 Å². The van der Waals surface area contributed by atoms with Crippen molar-refractivity contribution in [1.82, 2.24) is 4.98 Å². The summed E-state index contributed by atoms with van der Waals surface area (Å²) in [5.41, 5.74) is 7.76. The van der Waals surface area contributed by atoms with E-state index in [-0.39, 0.29) is 0 Å². The topological polar surface area (TPSA) is 12.9 Å². The first kappa shape index (κ1) is 14.4. The van der Waals surface area contributed by atoms with Crippen LogP contribution < -0.4 is 0 Å². The minimum absolute atomic E-state index is 0.669. The summed E-state index contributed by atoms with van der Waals surface area (Å²) in [6.07, 6.45) is 5.31. The van der Waals surface area contributed by atoms with Gasteiger partial charge in [0, 0.05) is 10.9 Å². The molecule has 1 aliphatic rings. The Bertz CT molecular complexity index is 857. The number of hydrogen-bond donors (Lipinski definition) is 0. The Labute approximate surface area is 138 Å². The van der Waals surface area contributed by atoms with E-state index < -0.39 is 0 Å². The SMILES string of the molecule is Cc1cccc(-c2nc3ccccc3cc2C2CCCC2)c1C. The third-order valence-electron chi connectivity index (χ3n) is 5.41. The summed E-state index contributed by atoms with van der Waals surface area (Å²) >= 11 is 0. The van der Waals surface area contributed by atoms with Crippen molar-refractivity contribution in [2.75, 3.05) is 0 Å². The van der Waals surface area contributed by atoms with Crippen LogP contribution in [0.1, 0.15) is 48.3 Å². The molecule has 3 aromatic rings. The van der Waals surface area contributed by atoms with E-state index in [1.807, 2.05) is 0 Å². The predicted octanol–water partition coefficient (Wildman–Crippen LogP) is 6.18. The Kier molecular flexibility index (Phi) is 3.65. The van der Waals surface area contributed by atoms with E-state index >= 15 is 0 Å². The lowest BCUT2D eigenvalue weighted by molar-refractivity contribution is 0.723. The minimum Gasteiger partial charge on any atom is -0.247 e. The molecule has 0 atom stereocenters. The van der Waals surface area contributed by atoms with Gasteiger partial charge in [-0.05, 0) is 61.4 Å². The number of aromatic nitrogens is 1. The molecule has 2 aromatic carbocycles. The summed E-state index contributed by atoms with van der Waals surface area (Å²) in [4.78, 5) is 5.09. The summed E-state index contributed by atoms with van der Waals surface area (Å²) < 4.78 is 0. The fourth-order valence-electron chi connectivity index (χ4n) is 3.90. The van der Waals surface area contributed by atoms with Crippen molar-refractivity contribution >= 4 is 10.9 Å². The van der Waals surface area contributed by atoms with Gasteiger partial charge in [0.2, 0.25) is 0 Å². The number of aryl methyl sites for hydroxylation is 1. The van der Waals surface area contributed by atoms with Crippen molar-refractivity contribution in [2.45, 2.75) is 45.4 Å². The maximum Gasteiger partial charge on any atom is 0.0747 e. The van der Waals surface area contributed by atoms with Gasteiger partial charge in [-0.15, -0.1) is 0 Å². The van der Waals surface area contributed by atoms with E-state index in [1.54, 1.807) is 0 Å². The number of hydrogen-bond acceptors (Lipinski definition) is 1. The van der Waals surface area contributed by atoms with Crippen molar-refractivity contribution in [3.05, 3.63) is 65.2 Å². The van der Waals surface area contributed by atoms with Crippen LogP contribution >= 0.6 is 0 Å². The molecule has 1 fully saturated rings. The average molecular weight is 301 g/mol. The molecule has 0 spiro atoms. The van der Waals surface area contributed by atoms with Gasteiger partial charge in [-0.1, -0.05) is 49.2 Å². The fraction of sp³-hybridized carbons (Fsp3) is 0.318. The molecule has 1 aliphatic carbocycles. The molecule has 1 heterocycles. The maximum absolute atomic E-state index is 5.09. The van der Waals surface area contributed by atoms with Gasteiger partial charge in [-0.2, -0.15) is 0 Å². The molecule has 0 radical (unpaired) electrons. The summed E-state index contributed by atoms with van der Waals surface area (Å²) in [5, 5.41) is 1.27. The minimum atomic E-state index is 0.669. The zero-order chi connectivity index (χ0) is 15.8. The highest BCUT2D eigenvalue weighted by Gasteiger charge is 2.22. The number of benzene rings is 2. The van der Waals surface area contributed by atoms with Crippen molar-refractivity contribution in [1.29, 1.82) is 0 Å². The van der Waals surface area contributed by atoms with Crippen LogP contribution in [-0.4, -0.2) is 4.98 Å². The molecule has 23 heavy (non-hydrogen) atoms. The predicted molar refractivity (Wildman–Crippen MR) is 97.9 cm³/mol. The van der Waals surface area contributed by atoms with E-state index in [9.17, 15) is 0 Å². The van der Waals surface area contributed by atoms with Crippen molar-refractivity contribution in [3.63, 3.8) is 0 Å². The second-order valence-electron chi connectivity index (χ2n) is 6.85. The summed E-state index contributed by atoms with van der Waals surface area (Å²) in [6.45, 7) is 4.41. The molecular weight excluding hydrogens is 278 g/mol. The van der Waals surface area contributed by atoms with Gasteiger partial charge >= 0.3 is 0 Å². The quantitative estimate of drug-likeness (QED) is 0.551. The Balaban J connectivity index is 1.99. The van der Waals surface area contributed by atoms with Crippen LogP contribution in [0.5, 0.6) is 0 Å². The first-order chi connectivity index (χ1) is 11.2. The van der Waals surface area contributed by atoms with Gasteiger partial charge in [0.25, 0.3) is 0 Å². The highest BCUT2D eigenvalue weighted by Crippen LogP contribution is 2.40. The lowest BCUT2D eigenvalue weighted by Crippen LogP contribution is -2.01. The fourth-order valence-corrected chi connectivity index (χ4v) is 3.90. The molecular formula is C22H23N. The van der Waals surface area contributed by atoms with Gasteiger partial charge in [-0.25, -0.2) is 4.98 Å². The molecule has 0 unspecified atom stereocenters. The van der Waals surface area contributed by atoms with Crippen LogP contribution in [0.15, 0.2) is 48.5 Å². The van der Waals surface area contributed by atoms with E-state index in [1.165, 1.54) is 59.0 Å². The smallest absolute Gasteiger partial charge is 0.0747 e. The highest BCUT2D eigenvalue weighted by molar-refractivity contribution is 5.84. The first-order valence-electron chi connectivity index (χ1n) is 8.70. The van der Waals surface area contributed by atoms with E-state index in [0.29, 0.717) is 5.92 Å². The van der Waals surface area contributed by atoms with Gasteiger partial charge in [0.05, 0.1) is 11.2 Å². The normalized spacial score (nSPS) is 15.4. The van der Waals surface area contributed by atoms with Crippen LogP contribution in [0, 0.1) is 13.8 Å². The Morgan fingerprint density at radius 3 is 2.52 bits per heavy atom. The lowest BCUT2D eigenvalue weighted by atomic mass is 9.89. The largest absolute Gasteiger partial charge is 0.247 e. The molecule has 0 aliphatic heterocycles. The number of pyridine rings is 1. The molecule has 1 aromatic heterocycles. The van der Waals surface area contributed by atoms with E-state index in [4.69, 9.17) is 4.98 Å². The van der Waals surface area contributed by atoms with Crippen LogP contribution in [0.4, 0.5) is 0 Å². The Morgan fingerprint density at radius 2 is 1.70 bits per heavy atom. The Hall–Kier alpha value is -2.15. The van der Waals surface area contributed by atoms with Crippen LogP contribution in [0.25, 0.3) is 22.2 Å². The summed E-state index contributed by atoms with van der Waals surface area (Å²) in [6, 6.07) is 17.5. The zero-order valence-electron chi connectivity index (χ0n) is 14.0. The summed E-state index contributed by atoms with van der Waals surface area (Å²) in [5.74, 6) is 0.669. The third kappa shape index (κ3) is 2.55. The summed E-state index contributed by atoms with van der Waals surface area (Å²) in [7, 11) is 0. The molecule has 1 heteroatoms. The average Bonchev–Trinajstić information content (AvgIpc) is 3.11. The van der Waals surface area contributed by atoms with Gasteiger partial charge in [0.1, 0.15) is 0 Å². The Morgan fingerprint density at radius 1 is 0.913 bits per heavy atom. The van der Waals surface area contributed by atoms with E-state index in [2.05, 4.69) is 62.4 Å². The molecule has 0 saturated heterocycles. The number of nitrogens with zero attached hydrogens (tertiary/aromatic N) is 1. The maximum atomic E-state index is 5.09. The lowest BCUT2D eigenvalue weighted by Gasteiger charge is -2.18. The third-order valence-corrected chi connectivity index (χ3v) is 5.41. The second kappa shape index (κ2) is 5.81. The molecule has 4 rings (SSSR count). The van der Waals surface area contributed by atoms with Gasteiger partial charge in [0.15, 0.2) is 0 Å². The number of rotatable bonds is 2. The van der Waals surface area contributed by atoms with Gasteiger partial charge < -0.3 is 0 Å². The van der Waals surface area contributed by atoms with Crippen molar-refractivity contribution in [3.8, 4) is 11.3 Å². The molecule has 116 valence electrons. The molecule has 0 amide bonds. The standard InChI is InChI=1S/C22H23N/c1-15-8-7-12-19(16(15)2)22-20(17-9-3-4-10-17)14-18-11-5-6-13-21(18)23-22/h5-8,11-14,17H,3-4,9-10H2,1-2H3. The molecule has 0 bridgehead atoms. The molecule has 0 N–H and O–H groups in total. The van der Waals surface area contributed by atoms with Crippen LogP contribution in [0.3, 0.4) is 0 Å². The van der Waals surface area contributed by atoms with E-state index in [0.717, 1.165) is 5.52 Å². The zero-order valence-corrected chi connectivity index (χ0v) is 14.0. The first-order valence-corrected chi connectivity index (χ1v) is 8.70. The second-order valence-corrected chi connectivity index (χ2v) is 6.85. The molecule has 1 nitrogen and oxygen atoms in total. The van der Waals surface area contributed by atoms with Crippen LogP contribution in [0.2, 0.25) is 0 Å². The monoisotopic (exact) mass is 301 g/mol. The number of fused-ring (bicyclic) bond motifs is 1.